The summed E-state index contributed by atoms with van der Waals surface area (Å²) >= 11 is 0. The highest BCUT2D eigenvalue weighted by molar-refractivity contribution is 7.90. The number of nitrogens with zero attached hydrogens (tertiary/aromatic N) is 2. The number of rotatable bonds is 5. The second kappa shape index (κ2) is 5.96. The largest absolute Gasteiger partial charge is 0.423 e. The Balaban J connectivity index is 1.81. The van der Waals surface area contributed by atoms with Gasteiger partial charge >= 0.3 is 0 Å². The molecule has 1 amide bonds. The van der Waals surface area contributed by atoms with Crippen LogP contribution >= 0.6 is 0 Å². The zero-order valence-electron chi connectivity index (χ0n) is 12.4. The van der Waals surface area contributed by atoms with Gasteiger partial charge in [0, 0.05) is 11.6 Å². The Labute approximate surface area is 133 Å². The normalized spacial score (nSPS) is 15.4. The molecule has 0 spiro atoms. The SMILES string of the molecule is CC(=CC(=O)NS(=O)(=O)c1cccc(-c2nnco2)c1)C1CC1. The molecule has 0 unspecified atom stereocenters. The van der Waals surface area contributed by atoms with Gasteiger partial charge in [-0.2, -0.15) is 0 Å². The lowest BCUT2D eigenvalue weighted by Crippen LogP contribution is -2.29. The minimum atomic E-state index is -3.96. The molecular formula is C15H15N3O4S. The molecule has 23 heavy (non-hydrogen) atoms. The summed E-state index contributed by atoms with van der Waals surface area (Å²) in [6, 6.07) is 5.96. The molecule has 1 heterocycles. The standard InChI is InChI=1S/C15H15N3O4S/c1-10(11-5-6-11)7-14(19)18-23(20,21)13-4-2-3-12(8-13)15-17-16-9-22-15/h2-4,7-9,11H,5-6H2,1H3,(H,18,19). The fourth-order valence-electron chi connectivity index (χ4n) is 2.18. The summed E-state index contributed by atoms with van der Waals surface area (Å²) in [6.07, 6.45) is 4.60. The van der Waals surface area contributed by atoms with Gasteiger partial charge in [-0.05, 0) is 43.9 Å². The van der Waals surface area contributed by atoms with E-state index in [1.54, 1.807) is 12.1 Å². The molecule has 0 aliphatic heterocycles. The molecule has 0 saturated heterocycles. The second-order valence-corrected chi connectivity index (χ2v) is 7.09. The number of benzene rings is 1. The molecule has 0 bridgehead atoms. The Morgan fingerprint density at radius 1 is 1.39 bits per heavy atom. The number of amides is 1. The van der Waals surface area contributed by atoms with Gasteiger partial charge in [-0.3, -0.25) is 4.79 Å². The van der Waals surface area contributed by atoms with Crippen molar-refractivity contribution in [3.05, 3.63) is 42.3 Å². The molecule has 120 valence electrons. The maximum Gasteiger partial charge on any atom is 0.264 e. The van der Waals surface area contributed by atoms with Crippen LogP contribution in [-0.2, 0) is 14.8 Å². The quantitative estimate of drug-likeness (QED) is 0.838. The van der Waals surface area contributed by atoms with Crippen LogP contribution in [0, 0.1) is 5.92 Å². The molecule has 2 aromatic rings. The van der Waals surface area contributed by atoms with E-state index >= 15 is 0 Å². The van der Waals surface area contributed by atoms with Crippen LogP contribution in [0.25, 0.3) is 11.5 Å². The van der Waals surface area contributed by atoms with Gasteiger partial charge in [0.25, 0.3) is 15.9 Å². The molecular weight excluding hydrogens is 318 g/mol. The molecule has 1 aliphatic rings. The second-order valence-electron chi connectivity index (χ2n) is 5.40. The van der Waals surface area contributed by atoms with E-state index in [1.165, 1.54) is 18.2 Å². The third kappa shape index (κ3) is 3.65. The van der Waals surface area contributed by atoms with Crippen LogP contribution in [0.15, 0.2) is 51.6 Å². The van der Waals surface area contributed by atoms with Gasteiger partial charge in [-0.25, -0.2) is 13.1 Å². The molecule has 3 rings (SSSR count). The maximum atomic E-state index is 12.3. The van der Waals surface area contributed by atoms with E-state index in [0.29, 0.717) is 11.5 Å². The molecule has 7 nitrogen and oxygen atoms in total. The van der Waals surface area contributed by atoms with Gasteiger partial charge < -0.3 is 4.42 Å². The topological polar surface area (TPSA) is 102 Å². The first-order chi connectivity index (χ1) is 11.0. The molecule has 1 aromatic carbocycles. The van der Waals surface area contributed by atoms with E-state index in [-0.39, 0.29) is 10.8 Å². The zero-order valence-corrected chi connectivity index (χ0v) is 13.2. The van der Waals surface area contributed by atoms with Crippen molar-refractivity contribution in [2.24, 2.45) is 5.92 Å². The molecule has 8 heteroatoms. The molecule has 0 atom stereocenters. The van der Waals surface area contributed by atoms with E-state index in [0.717, 1.165) is 24.8 Å². The molecule has 1 saturated carbocycles. The van der Waals surface area contributed by atoms with Crippen molar-refractivity contribution in [1.82, 2.24) is 14.9 Å². The van der Waals surface area contributed by atoms with Gasteiger partial charge in [0.05, 0.1) is 4.90 Å². The van der Waals surface area contributed by atoms with Gasteiger partial charge in [0.2, 0.25) is 12.3 Å². The van der Waals surface area contributed by atoms with Gasteiger partial charge in [-0.15, -0.1) is 10.2 Å². The Bertz CT molecular complexity index is 853. The summed E-state index contributed by atoms with van der Waals surface area (Å²) in [5.41, 5.74) is 1.36. The molecule has 1 aromatic heterocycles. The lowest BCUT2D eigenvalue weighted by atomic mass is 10.2. The van der Waals surface area contributed by atoms with E-state index in [1.807, 2.05) is 11.6 Å². The van der Waals surface area contributed by atoms with Crippen LogP contribution in [0.5, 0.6) is 0 Å². The molecule has 1 N–H and O–H groups in total. The summed E-state index contributed by atoms with van der Waals surface area (Å²) in [6.45, 7) is 1.83. The predicted molar refractivity (Wildman–Crippen MR) is 81.5 cm³/mol. The average Bonchev–Trinajstić information content (AvgIpc) is 3.22. The summed E-state index contributed by atoms with van der Waals surface area (Å²) in [4.78, 5) is 11.8. The molecule has 0 radical (unpaired) electrons. The highest BCUT2D eigenvalue weighted by atomic mass is 32.2. The van der Waals surface area contributed by atoms with E-state index in [2.05, 4.69) is 10.2 Å². The lowest BCUT2D eigenvalue weighted by Gasteiger charge is -2.06. The van der Waals surface area contributed by atoms with Gasteiger partial charge in [0.15, 0.2) is 0 Å². The predicted octanol–water partition coefficient (Wildman–Crippen LogP) is 1.90. The number of allylic oxidation sites excluding steroid dienone is 1. The summed E-state index contributed by atoms with van der Waals surface area (Å²) in [5.74, 6) is -0.0280. The lowest BCUT2D eigenvalue weighted by molar-refractivity contribution is -0.114. The van der Waals surface area contributed by atoms with Crippen molar-refractivity contribution in [1.29, 1.82) is 0 Å². The van der Waals surface area contributed by atoms with Crippen molar-refractivity contribution in [2.45, 2.75) is 24.7 Å². The van der Waals surface area contributed by atoms with Gasteiger partial charge in [-0.1, -0.05) is 11.6 Å². The summed E-state index contributed by atoms with van der Waals surface area (Å²) in [7, 11) is -3.96. The number of carbonyl (C=O) groups excluding carboxylic acids is 1. The third-order valence-corrected chi connectivity index (χ3v) is 4.91. The van der Waals surface area contributed by atoms with Crippen molar-refractivity contribution >= 4 is 15.9 Å². The number of nitrogens with one attached hydrogen (secondary N) is 1. The van der Waals surface area contributed by atoms with E-state index < -0.39 is 15.9 Å². The van der Waals surface area contributed by atoms with E-state index in [9.17, 15) is 13.2 Å². The van der Waals surface area contributed by atoms with Crippen LogP contribution < -0.4 is 4.72 Å². The minimum absolute atomic E-state index is 0.0426. The fourth-order valence-corrected chi connectivity index (χ4v) is 3.16. The monoisotopic (exact) mass is 333 g/mol. The first kappa shape index (κ1) is 15.4. The Morgan fingerprint density at radius 3 is 2.83 bits per heavy atom. The van der Waals surface area contributed by atoms with Crippen molar-refractivity contribution < 1.29 is 17.6 Å². The summed E-state index contributed by atoms with van der Waals surface area (Å²) in [5, 5.41) is 7.28. The highest BCUT2D eigenvalue weighted by Crippen LogP contribution is 2.35. The zero-order chi connectivity index (χ0) is 16.4. The van der Waals surface area contributed by atoms with Crippen LogP contribution in [0.2, 0.25) is 0 Å². The number of hydrogen-bond donors (Lipinski definition) is 1. The average molecular weight is 333 g/mol. The first-order valence-electron chi connectivity index (χ1n) is 7.07. The van der Waals surface area contributed by atoms with Crippen molar-refractivity contribution in [2.75, 3.05) is 0 Å². The smallest absolute Gasteiger partial charge is 0.264 e. The highest BCUT2D eigenvalue weighted by Gasteiger charge is 2.24. The van der Waals surface area contributed by atoms with Crippen LogP contribution in [0.4, 0.5) is 0 Å². The Kier molecular flexibility index (Phi) is 3.99. The van der Waals surface area contributed by atoms with Crippen LogP contribution in [0.1, 0.15) is 19.8 Å². The molecule has 1 aliphatic carbocycles. The van der Waals surface area contributed by atoms with Crippen molar-refractivity contribution in [3.8, 4) is 11.5 Å². The number of hydrogen-bond acceptors (Lipinski definition) is 6. The molecule has 1 fully saturated rings. The van der Waals surface area contributed by atoms with Gasteiger partial charge in [0.1, 0.15) is 0 Å². The van der Waals surface area contributed by atoms with Crippen LogP contribution in [0.3, 0.4) is 0 Å². The Morgan fingerprint density at radius 2 is 2.17 bits per heavy atom. The van der Waals surface area contributed by atoms with E-state index in [4.69, 9.17) is 4.42 Å². The Hall–Kier alpha value is -2.48. The first-order valence-corrected chi connectivity index (χ1v) is 8.55. The fraction of sp³-hybridized carbons (Fsp3) is 0.267. The maximum absolute atomic E-state index is 12.3. The summed E-state index contributed by atoms with van der Waals surface area (Å²) < 4.78 is 31.7. The third-order valence-electron chi connectivity index (χ3n) is 3.57. The minimum Gasteiger partial charge on any atom is -0.423 e. The number of aromatic nitrogens is 2. The van der Waals surface area contributed by atoms with Crippen molar-refractivity contribution in [3.63, 3.8) is 0 Å². The number of carbonyl (C=O) groups is 1. The van der Waals surface area contributed by atoms with Crippen LogP contribution in [-0.4, -0.2) is 24.5 Å². The number of sulfonamides is 1.